The van der Waals surface area contributed by atoms with Crippen molar-refractivity contribution in [3.05, 3.63) is 42.4 Å². The van der Waals surface area contributed by atoms with E-state index in [4.69, 9.17) is 0 Å². The summed E-state index contributed by atoms with van der Waals surface area (Å²) in [6, 6.07) is 5.52. The lowest BCUT2D eigenvalue weighted by molar-refractivity contribution is -0.121. The Hall–Kier alpha value is -2.35. The van der Waals surface area contributed by atoms with Crippen molar-refractivity contribution in [2.75, 3.05) is 18.8 Å². The number of hydrogen-bond acceptors (Lipinski definition) is 5. The van der Waals surface area contributed by atoms with Crippen molar-refractivity contribution in [1.82, 2.24) is 25.0 Å². The van der Waals surface area contributed by atoms with E-state index in [1.54, 1.807) is 28.2 Å². The normalized spacial score (nSPS) is 14.4. The second kappa shape index (κ2) is 6.61. The van der Waals surface area contributed by atoms with Crippen molar-refractivity contribution in [3.63, 3.8) is 0 Å². The third kappa shape index (κ3) is 3.45. The molecule has 0 radical (unpaired) electrons. The lowest BCUT2D eigenvalue weighted by Crippen LogP contribution is -2.36. The van der Waals surface area contributed by atoms with Gasteiger partial charge < -0.3 is 10.2 Å². The highest BCUT2D eigenvalue weighted by atomic mass is 32.2. The summed E-state index contributed by atoms with van der Waals surface area (Å²) in [5.74, 6) is 1.29. The van der Waals surface area contributed by atoms with Crippen molar-refractivity contribution in [2.45, 2.75) is 6.54 Å². The van der Waals surface area contributed by atoms with Gasteiger partial charge in [0.15, 0.2) is 5.82 Å². The van der Waals surface area contributed by atoms with Gasteiger partial charge in [0.25, 0.3) is 5.24 Å². The van der Waals surface area contributed by atoms with Crippen LogP contribution in [0.1, 0.15) is 5.56 Å². The van der Waals surface area contributed by atoms with Gasteiger partial charge in [0.2, 0.25) is 5.91 Å². The van der Waals surface area contributed by atoms with Gasteiger partial charge in [-0.15, -0.1) is 0 Å². The fourth-order valence-electron chi connectivity index (χ4n) is 2.10. The molecule has 1 aliphatic rings. The van der Waals surface area contributed by atoms with Gasteiger partial charge in [-0.3, -0.25) is 9.59 Å². The summed E-state index contributed by atoms with van der Waals surface area (Å²) >= 11 is 1.25. The Balaban J connectivity index is 1.56. The number of carbonyl (C=O) groups is 2. The summed E-state index contributed by atoms with van der Waals surface area (Å²) in [5.41, 5.74) is 0.927. The number of thioether (sulfide) groups is 1. The predicted molar refractivity (Wildman–Crippen MR) is 82.6 cm³/mol. The molecule has 3 heterocycles. The Morgan fingerprint density at radius 3 is 3.05 bits per heavy atom. The quantitative estimate of drug-likeness (QED) is 0.891. The highest BCUT2D eigenvalue weighted by Gasteiger charge is 2.22. The molecule has 1 aliphatic heterocycles. The summed E-state index contributed by atoms with van der Waals surface area (Å²) in [4.78, 5) is 29.1. The maximum Gasteiger partial charge on any atom is 0.282 e. The van der Waals surface area contributed by atoms with Crippen molar-refractivity contribution < 1.29 is 9.59 Å². The molecule has 1 fully saturated rings. The molecule has 114 valence electrons. The molecule has 0 aliphatic carbocycles. The van der Waals surface area contributed by atoms with Crippen LogP contribution in [-0.2, 0) is 11.3 Å². The Labute approximate surface area is 131 Å². The molecule has 2 amide bonds. The number of nitrogens with zero attached hydrogens (tertiary/aromatic N) is 4. The summed E-state index contributed by atoms with van der Waals surface area (Å²) in [7, 11) is 0. The Kier molecular flexibility index (Phi) is 4.38. The van der Waals surface area contributed by atoms with E-state index in [0.717, 1.165) is 11.3 Å². The van der Waals surface area contributed by atoms with Crippen molar-refractivity contribution in [2.24, 2.45) is 0 Å². The van der Waals surface area contributed by atoms with E-state index < -0.39 is 0 Å². The van der Waals surface area contributed by atoms with Crippen LogP contribution in [0.25, 0.3) is 5.82 Å². The van der Waals surface area contributed by atoms with Gasteiger partial charge >= 0.3 is 0 Å². The van der Waals surface area contributed by atoms with E-state index in [0.29, 0.717) is 18.9 Å². The Morgan fingerprint density at radius 1 is 1.41 bits per heavy atom. The molecule has 0 bridgehead atoms. The third-order valence-corrected chi connectivity index (χ3v) is 4.11. The van der Waals surface area contributed by atoms with Crippen molar-refractivity contribution >= 4 is 22.9 Å². The summed E-state index contributed by atoms with van der Waals surface area (Å²) < 4.78 is 1.66. The molecule has 0 aromatic carbocycles. The Morgan fingerprint density at radius 2 is 2.32 bits per heavy atom. The molecule has 8 heteroatoms. The van der Waals surface area contributed by atoms with Gasteiger partial charge in [-0.05, 0) is 23.8 Å². The average Bonchev–Trinajstić information content (AvgIpc) is 3.18. The monoisotopic (exact) mass is 317 g/mol. The summed E-state index contributed by atoms with van der Waals surface area (Å²) in [6.45, 7) is 1.14. The van der Waals surface area contributed by atoms with E-state index in [2.05, 4.69) is 15.4 Å². The van der Waals surface area contributed by atoms with Gasteiger partial charge in [0.05, 0.1) is 0 Å². The minimum absolute atomic E-state index is 0.0278. The highest BCUT2D eigenvalue weighted by Crippen LogP contribution is 2.16. The lowest BCUT2D eigenvalue weighted by atomic mass is 10.2. The fourth-order valence-corrected chi connectivity index (χ4v) is 2.92. The lowest BCUT2D eigenvalue weighted by Gasteiger charge is -2.14. The van der Waals surface area contributed by atoms with Crippen LogP contribution in [0.5, 0.6) is 0 Å². The standard InChI is InChI=1S/C14H15N5O2S/c20-13(10-18-6-7-22-14(18)21)16-9-11-2-4-15-12(8-11)19-5-1-3-17-19/h1-5,8H,6-7,9-10H2,(H,16,20). The molecule has 22 heavy (non-hydrogen) atoms. The SMILES string of the molecule is O=C(CN1CCSC1=O)NCc1ccnc(-n2cccn2)c1. The maximum absolute atomic E-state index is 11.9. The topological polar surface area (TPSA) is 80.1 Å². The van der Waals surface area contributed by atoms with Crippen molar-refractivity contribution in [1.29, 1.82) is 0 Å². The van der Waals surface area contributed by atoms with Crippen LogP contribution in [0.4, 0.5) is 4.79 Å². The van der Waals surface area contributed by atoms with E-state index in [-0.39, 0.29) is 17.7 Å². The molecule has 3 rings (SSSR count). The molecule has 7 nitrogen and oxygen atoms in total. The molecular formula is C14H15N5O2S. The van der Waals surface area contributed by atoms with E-state index in [1.807, 2.05) is 18.2 Å². The van der Waals surface area contributed by atoms with Gasteiger partial charge in [0.1, 0.15) is 6.54 Å². The van der Waals surface area contributed by atoms with E-state index in [9.17, 15) is 9.59 Å². The Bertz CT molecular complexity index is 674. The molecular weight excluding hydrogens is 302 g/mol. The number of amides is 2. The first-order valence-corrected chi connectivity index (χ1v) is 7.84. The van der Waals surface area contributed by atoms with Gasteiger partial charge in [-0.2, -0.15) is 5.10 Å². The average molecular weight is 317 g/mol. The second-order valence-electron chi connectivity index (χ2n) is 4.79. The molecule has 2 aromatic heterocycles. The van der Waals surface area contributed by atoms with Crippen molar-refractivity contribution in [3.8, 4) is 5.82 Å². The molecule has 0 unspecified atom stereocenters. The van der Waals surface area contributed by atoms with Crippen LogP contribution >= 0.6 is 11.8 Å². The zero-order valence-electron chi connectivity index (χ0n) is 11.8. The zero-order chi connectivity index (χ0) is 15.4. The number of rotatable bonds is 5. The number of carbonyl (C=O) groups excluding carboxylic acids is 2. The van der Waals surface area contributed by atoms with E-state index >= 15 is 0 Å². The predicted octanol–water partition coefficient (Wildman–Crippen LogP) is 1.05. The minimum atomic E-state index is -0.159. The fraction of sp³-hybridized carbons (Fsp3) is 0.286. The third-order valence-electron chi connectivity index (χ3n) is 3.22. The first-order valence-electron chi connectivity index (χ1n) is 6.86. The zero-order valence-corrected chi connectivity index (χ0v) is 12.6. The van der Waals surface area contributed by atoms with Crippen LogP contribution in [0.15, 0.2) is 36.8 Å². The van der Waals surface area contributed by atoms with Gasteiger partial charge in [-0.1, -0.05) is 11.8 Å². The smallest absolute Gasteiger partial charge is 0.282 e. The van der Waals surface area contributed by atoms with Crippen LogP contribution in [0, 0.1) is 0 Å². The number of pyridine rings is 1. The molecule has 0 atom stereocenters. The first-order chi connectivity index (χ1) is 10.7. The van der Waals surface area contributed by atoms with Gasteiger partial charge in [-0.25, -0.2) is 9.67 Å². The maximum atomic E-state index is 11.9. The largest absolute Gasteiger partial charge is 0.350 e. The number of hydrogen-bond donors (Lipinski definition) is 1. The minimum Gasteiger partial charge on any atom is -0.350 e. The van der Waals surface area contributed by atoms with Crippen LogP contribution in [-0.4, -0.2) is 49.7 Å². The molecule has 1 N–H and O–H groups in total. The first kappa shape index (κ1) is 14.6. The molecule has 1 saturated heterocycles. The molecule has 0 spiro atoms. The van der Waals surface area contributed by atoms with Gasteiger partial charge in [0, 0.05) is 37.4 Å². The van der Waals surface area contributed by atoms with Crippen LogP contribution in [0.2, 0.25) is 0 Å². The van der Waals surface area contributed by atoms with Crippen LogP contribution in [0.3, 0.4) is 0 Å². The summed E-state index contributed by atoms with van der Waals surface area (Å²) in [5, 5.41) is 6.91. The second-order valence-corrected chi connectivity index (χ2v) is 5.83. The number of nitrogens with one attached hydrogen (secondary N) is 1. The molecule has 2 aromatic rings. The molecule has 0 saturated carbocycles. The van der Waals surface area contributed by atoms with E-state index in [1.165, 1.54) is 11.8 Å². The van der Waals surface area contributed by atoms with Crippen LogP contribution < -0.4 is 5.32 Å². The highest BCUT2D eigenvalue weighted by molar-refractivity contribution is 8.13. The number of aromatic nitrogens is 3. The summed E-state index contributed by atoms with van der Waals surface area (Å²) in [6.07, 6.45) is 5.17.